The number of hydrogen-bond donors (Lipinski definition) is 1. The number of rotatable bonds is 2. The lowest BCUT2D eigenvalue weighted by Crippen LogP contribution is -2.40. The van der Waals surface area contributed by atoms with Crippen LogP contribution in [0.25, 0.3) is 0 Å². The molecular weight excluding hydrogens is 170 g/mol. The lowest BCUT2D eigenvalue weighted by Gasteiger charge is -2.20. The van der Waals surface area contributed by atoms with Gasteiger partial charge in [0.05, 0.1) is 12.0 Å². The average Bonchev–Trinajstić information content (AvgIpc) is 2.35. The third-order valence-electron chi connectivity index (χ3n) is 2.13. The van der Waals surface area contributed by atoms with Gasteiger partial charge in [-0.2, -0.15) is 8.78 Å². The van der Waals surface area contributed by atoms with E-state index >= 15 is 0 Å². The fourth-order valence-electron chi connectivity index (χ4n) is 1.37. The van der Waals surface area contributed by atoms with Crippen LogP contribution in [0.5, 0.6) is 0 Å². The largest absolute Gasteiger partial charge is 0.477 e. The maximum Gasteiger partial charge on any atom is 0.374 e. The van der Waals surface area contributed by atoms with Crippen LogP contribution in [0.4, 0.5) is 8.78 Å². The topological polar surface area (TPSA) is 46.5 Å². The molecule has 1 saturated heterocycles. The minimum atomic E-state index is -3.66. The number of aliphatic carboxylic acids is 1. The number of alkyl halides is 2. The van der Waals surface area contributed by atoms with Gasteiger partial charge in [0.2, 0.25) is 0 Å². The van der Waals surface area contributed by atoms with Gasteiger partial charge in [-0.25, -0.2) is 4.79 Å². The zero-order chi connectivity index (χ0) is 9.35. The van der Waals surface area contributed by atoms with Crippen molar-refractivity contribution in [2.24, 2.45) is 5.92 Å². The number of hydrogen-bond acceptors (Lipinski definition) is 2. The van der Waals surface area contributed by atoms with Crippen molar-refractivity contribution >= 4 is 5.97 Å². The second-order valence-corrected chi connectivity index (χ2v) is 2.90. The van der Waals surface area contributed by atoms with Gasteiger partial charge >= 0.3 is 11.9 Å². The highest BCUT2D eigenvalue weighted by molar-refractivity contribution is 5.75. The molecule has 12 heavy (non-hydrogen) atoms. The molecule has 0 bridgehead atoms. The third kappa shape index (κ3) is 1.41. The van der Waals surface area contributed by atoms with Crippen molar-refractivity contribution in [3.05, 3.63) is 0 Å². The quantitative estimate of drug-likeness (QED) is 0.692. The summed E-state index contributed by atoms with van der Waals surface area (Å²) in [5.41, 5.74) is 0. The second-order valence-electron chi connectivity index (χ2n) is 2.90. The standard InChI is InChI=1S/C7H10F2O3/c1-4-5(2-3-12-4)7(8,9)6(10)11/h4-5H,2-3H2,1H3,(H,10,11). The molecule has 2 atom stereocenters. The van der Waals surface area contributed by atoms with Crippen molar-refractivity contribution in [1.29, 1.82) is 0 Å². The van der Waals surface area contributed by atoms with Crippen molar-refractivity contribution in [3.8, 4) is 0 Å². The Kier molecular flexibility index (Phi) is 2.32. The molecule has 0 saturated carbocycles. The van der Waals surface area contributed by atoms with Gasteiger partial charge in [-0.1, -0.05) is 0 Å². The number of carbonyl (C=O) groups is 1. The predicted octanol–water partition coefficient (Wildman–Crippen LogP) is 1.13. The molecular formula is C7H10F2O3. The molecule has 1 heterocycles. The van der Waals surface area contributed by atoms with Gasteiger partial charge in [-0.05, 0) is 13.3 Å². The van der Waals surface area contributed by atoms with Crippen molar-refractivity contribution in [1.82, 2.24) is 0 Å². The van der Waals surface area contributed by atoms with Crippen LogP contribution in [-0.2, 0) is 9.53 Å². The van der Waals surface area contributed by atoms with E-state index in [0.29, 0.717) is 0 Å². The van der Waals surface area contributed by atoms with Crippen LogP contribution in [0.2, 0.25) is 0 Å². The van der Waals surface area contributed by atoms with E-state index in [2.05, 4.69) is 0 Å². The van der Waals surface area contributed by atoms with Crippen LogP contribution in [-0.4, -0.2) is 29.7 Å². The molecule has 5 heteroatoms. The molecule has 0 radical (unpaired) electrons. The monoisotopic (exact) mass is 180 g/mol. The number of carboxylic acids is 1. The van der Waals surface area contributed by atoms with Crippen molar-refractivity contribution < 1.29 is 23.4 Å². The first-order valence-corrected chi connectivity index (χ1v) is 3.69. The molecule has 3 nitrogen and oxygen atoms in total. The van der Waals surface area contributed by atoms with Crippen LogP contribution >= 0.6 is 0 Å². The highest BCUT2D eigenvalue weighted by Gasteiger charge is 2.51. The fraction of sp³-hybridized carbons (Fsp3) is 0.857. The van der Waals surface area contributed by atoms with Crippen molar-refractivity contribution in [2.45, 2.75) is 25.4 Å². The molecule has 1 fully saturated rings. The van der Waals surface area contributed by atoms with E-state index in [1.807, 2.05) is 0 Å². The molecule has 0 amide bonds. The van der Waals surface area contributed by atoms with E-state index in [1.54, 1.807) is 0 Å². The SMILES string of the molecule is CC1OCCC1C(F)(F)C(=O)O. The number of carboxylic acid groups (broad SMARTS) is 1. The van der Waals surface area contributed by atoms with E-state index in [1.165, 1.54) is 6.92 Å². The Hall–Kier alpha value is -0.710. The molecule has 0 spiro atoms. The molecule has 2 unspecified atom stereocenters. The first-order chi connectivity index (χ1) is 5.46. The van der Waals surface area contributed by atoms with Crippen LogP contribution in [0, 0.1) is 5.92 Å². The summed E-state index contributed by atoms with van der Waals surface area (Å²) < 4.78 is 30.5. The summed E-state index contributed by atoms with van der Waals surface area (Å²) in [5.74, 6) is -6.91. The molecule has 70 valence electrons. The minimum absolute atomic E-state index is 0.112. The zero-order valence-corrected chi connectivity index (χ0v) is 6.59. The summed E-state index contributed by atoms with van der Waals surface area (Å²) in [4.78, 5) is 10.1. The first-order valence-electron chi connectivity index (χ1n) is 3.69. The zero-order valence-electron chi connectivity index (χ0n) is 6.59. The van der Waals surface area contributed by atoms with Crippen molar-refractivity contribution in [2.75, 3.05) is 6.61 Å². The second kappa shape index (κ2) is 2.97. The molecule has 1 aliphatic heterocycles. The van der Waals surface area contributed by atoms with Gasteiger partial charge in [-0.3, -0.25) is 0 Å². The highest BCUT2D eigenvalue weighted by Crippen LogP contribution is 2.35. The maximum atomic E-state index is 12.8. The molecule has 0 aromatic heterocycles. The van der Waals surface area contributed by atoms with E-state index in [0.717, 1.165) is 0 Å². The van der Waals surface area contributed by atoms with Crippen LogP contribution in [0.3, 0.4) is 0 Å². The maximum absolute atomic E-state index is 12.8. The fourth-order valence-corrected chi connectivity index (χ4v) is 1.37. The molecule has 1 aliphatic rings. The van der Waals surface area contributed by atoms with Crippen molar-refractivity contribution in [3.63, 3.8) is 0 Å². The van der Waals surface area contributed by atoms with Crippen LogP contribution < -0.4 is 0 Å². The smallest absolute Gasteiger partial charge is 0.374 e. The Morgan fingerprint density at radius 2 is 2.25 bits per heavy atom. The molecule has 1 rings (SSSR count). The summed E-state index contributed by atoms with van der Waals surface area (Å²) in [6.45, 7) is 1.68. The molecule has 1 N–H and O–H groups in total. The summed E-state index contributed by atoms with van der Waals surface area (Å²) in [7, 11) is 0. The van der Waals surface area contributed by atoms with Gasteiger partial charge < -0.3 is 9.84 Å². The Morgan fingerprint density at radius 1 is 1.67 bits per heavy atom. The lowest BCUT2D eigenvalue weighted by atomic mass is 9.95. The van der Waals surface area contributed by atoms with Gasteiger partial charge in [-0.15, -0.1) is 0 Å². The highest BCUT2D eigenvalue weighted by atomic mass is 19.3. The van der Waals surface area contributed by atoms with Crippen LogP contribution in [0.15, 0.2) is 0 Å². The van der Waals surface area contributed by atoms with E-state index in [-0.39, 0.29) is 13.0 Å². The Bertz CT molecular complexity index is 193. The number of ether oxygens (including phenoxy) is 1. The average molecular weight is 180 g/mol. The van der Waals surface area contributed by atoms with E-state index < -0.39 is 23.9 Å². The van der Waals surface area contributed by atoms with Gasteiger partial charge in [0.1, 0.15) is 0 Å². The Morgan fingerprint density at radius 3 is 2.58 bits per heavy atom. The van der Waals surface area contributed by atoms with Crippen LogP contribution in [0.1, 0.15) is 13.3 Å². The Balaban J connectivity index is 2.73. The number of halogens is 2. The molecule has 0 aliphatic carbocycles. The summed E-state index contributed by atoms with van der Waals surface area (Å²) in [6, 6.07) is 0. The third-order valence-corrected chi connectivity index (χ3v) is 2.13. The van der Waals surface area contributed by atoms with Gasteiger partial charge in [0.15, 0.2) is 0 Å². The van der Waals surface area contributed by atoms with E-state index in [4.69, 9.17) is 9.84 Å². The summed E-state index contributed by atoms with van der Waals surface area (Å²) >= 11 is 0. The summed E-state index contributed by atoms with van der Waals surface area (Å²) in [6.07, 6.45) is -0.559. The molecule has 0 aromatic carbocycles. The lowest BCUT2D eigenvalue weighted by molar-refractivity contribution is -0.176. The minimum Gasteiger partial charge on any atom is -0.477 e. The Labute approximate surface area is 68.3 Å². The van der Waals surface area contributed by atoms with E-state index in [9.17, 15) is 13.6 Å². The first kappa shape index (κ1) is 9.38. The normalized spacial score (nSPS) is 30.6. The molecule has 0 aromatic rings. The summed E-state index contributed by atoms with van der Waals surface area (Å²) in [5, 5.41) is 8.21. The van der Waals surface area contributed by atoms with Gasteiger partial charge in [0, 0.05) is 6.61 Å². The van der Waals surface area contributed by atoms with Gasteiger partial charge in [0.25, 0.3) is 0 Å². The predicted molar refractivity (Wildman–Crippen MR) is 36.1 cm³/mol.